The summed E-state index contributed by atoms with van der Waals surface area (Å²) in [5.74, 6) is 0. The number of rotatable bonds is 2. The Balaban J connectivity index is 1.59. The van der Waals surface area contributed by atoms with Crippen molar-refractivity contribution in [3.63, 3.8) is 0 Å². The van der Waals surface area contributed by atoms with E-state index in [-0.39, 0.29) is 5.41 Å². The summed E-state index contributed by atoms with van der Waals surface area (Å²) in [6.07, 6.45) is 0. The highest BCUT2D eigenvalue weighted by Gasteiger charge is 2.20. The molecule has 0 saturated carbocycles. The zero-order valence-electron chi connectivity index (χ0n) is 21.4. The zero-order chi connectivity index (χ0) is 25.1. The van der Waals surface area contributed by atoms with Gasteiger partial charge in [-0.1, -0.05) is 130 Å². The van der Waals surface area contributed by atoms with Crippen LogP contribution >= 0.6 is 0 Å². The lowest BCUT2D eigenvalue weighted by Gasteiger charge is -2.21. The Bertz CT molecular complexity index is 1890. The van der Waals surface area contributed by atoms with Crippen molar-refractivity contribution in [2.75, 3.05) is 0 Å². The fourth-order valence-corrected chi connectivity index (χ4v) is 5.81. The number of fused-ring (bicyclic) bond motifs is 5. The number of benzene rings is 6. The summed E-state index contributed by atoms with van der Waals surface area (Å²) in [6, 6.07) is 41.6. The van der Waals surface area contributed by atoms with Crippen molar-refractivity contribution in [3.05, 3.63) is 121 Å². The van der Waals surface area contributed by atoms with Crippen LogP contribution in [0.25, 0.3) is 65.7 Å². The molecule has 0 radical (unpaired) electrons. The van der Waals surface area contributed by atoms with Crippen LogP contribution < -0.4 is 0 Å². The SMILES string of the molecule is CC(C)(C)c1ccc(-c2c3ccccc3c(-c3cccc4c3oc3ccccc34)c3ccccc23)cc1. The Labute approximate surface area is 217 Å². The van der Waals surface area contributed by atoms with Gasteiger partial charge in [0.05, 0.1) is 0 Å². The molecule has 0 atom stereocenters. The number of hydrogen-bond donors (Lipinski definition) is 0. The van der Waals surface area contributed by atoms with Crippen molar-refractivity contribution in [3.8, 4) is 22.3 Å². The Morgan fingerprint density at radius 3 is 1.57 bits per heavy atom. The van der Waals surface area contributed by atoms with Crippen LogP contribution in [0.2, 0.25) is 0 Å². The van der Waals surface area contributed by atoms with E-state index in [0.29, 0.717) is 0 Å². The molecule has 0 unspecified atom stereocenters. The van der Waals surface area contributed by atoms with Gasteiger partial charge in [-0.2, -0.15) is 0 Å². The minimum atomic E-state index is 0.123. The van der Waals surface area contributed by atoms with Gasteiger partial charge in [0, 0.05) is 21.9 Å². The summed E-state index contributed by atoms with van der Waals surface area (Å²) in [5, 5.41) is 7.31. The first-order valence-electron chi connectivity index (χ1n) is 13.0. The second-order valence-corrected chi connectivity index (χ2v) is 10.9. The van der Waals surface area contributed by atoms with Crippen LogP contribution in [-0.2, 0) is 5.41 Å². The van der Waals surface area contributed by atoms with Crippen LogP contribution in [0.15, 0.2) is 120 Å². The van der Waals surface area contributed by atoms with Crippen molar-refractivity contribution >= 4 is 43.5 Å². The van der Waals surface area contributed by atoms with Gasteiger partial charge in [-0.05, 0) is 49.7 Å². The lowest BCUT2D eigenvalue weighted by Crippen LogP contribution is -2.10. The van der Waals surface area contributed by atoms with Gasteiger partial charge in [-0.25, -0.2) is 0 Å². The molecule has 7 rings (SSSR count). The first-order valence-corrected chi connectivity index (χ1v) is 13.0. The average molecular weight is 477 g/mol. The third kappa shape index (κ3) is 3.38. The summed E-state index contributed by atoms with van der Waals surface area (Å²) in [7, 11) is 0. The highest BCUT2D eigenvalue weighted by molar-refractivity contribution is 6.24. The standard InChI is InChI=1S/C36H28O/c1-36(2,3)24-21-19-23(20-22-24)33-26-12-4-6-14-28(26)34(29-15-7-5-13-27(29)33)31-17-10-16-30-25-11-8-9-18-32(25)37-35(30)31/h4-22H,1-3H3. The monoisotopic (exact) mass is 476 g/mol. The molecule has 0 N–H and O–H groups in total. The highest BCUT2D eigenvalue weighted by atomic mass is 16.3. The molecule has 0 spiro atoms. The summed E-state index contributed by atoms with van der Waals surface area (Å²) in [4.78, 5) is 0. The summed E-state index contributed by atoms with van der Waals surface area (Å²) in [5.41, 5.74) is 8.23. The van der Waals surface area contributed by atoms with E-state index in [4.69, 9.17) is 4.42 Å². The first kappa shape index (κ1) is 21.9. The van der Waals surface area contributed by atoms with Crippen molar-refractivity contribution < 1.29 is 4.42 Å². The Morgan fingerprint density at radius 1 is 0.459 bits per heavy atom. The van der Waals surface area contributed by atoms with E-state index >= 15 is 0 Å². The maximum Gasteiger partial charge on any atom is 0.143 e. The molecule has 7 aromatic rings. The molecule has 0 amide bonds. The fourth-order valence-electron chi connectivity index (χ4n) is 5.81. The first-order chi connectivity index (χ1) is 18.0. The minimum absolute atomic E-state index is 0.123. The Hall–Kier alpha value is -4.36. The average Bonchev–Trinajstić information content (AvgIpc) is 3.30. The molecule has 6 aromatic carbocycles. The molecule has 0 aliphatic carbocycles. The van der Waals surface area contributed by atoms with Crippen molar-refractivity contribution in [2.24, 2.45) is 0 Å². The van der Waals surface area contributed by atoms with Gasteiger partial charge in [0.25, 0.3) is 0 Å². The predicted molar refractivity (Wildman–Crippen MR) is 158 cm³/mol. The van der Waals surface area contributed by atoms with Crippen molar-refractivity contribution in [1.29, 1.82) is 0 Å². The van der Waals surface area contributed by atoms with Crippen LogP contribution in [0, 0.1) is 0 Å². The summed E-state index contributed by atoms with van der Waals surface area (Å²) in [6.45, 7) is 6.79. The van der Waals surface area contributed by atoms with E-state index in [9.17, 15) is 0 Å². The van der Waals surface area contributed by atoms with Crippen LogP contribution in [0.1, 0.15) is 26.3 Å². The van der Waals surface area contributed by atoms with Gasteiger partial charge in [0.1, 0.15) is 11.2 Å². The maximum absolute atomic E-state index is 6.50. The number of para-hydroxylation sites is 2. The van der Waals surface area contributed by atoms with E-state index in [1.54, 1.807) is 0 Å². The van der Waals surface area contributed by atoms with Crippen LogP contribution in [0.3, 0.4) is 0 Å². The van der Waals surface area contributed by atoms with E-state index < -0.39 is 0 Å². The third-order valence-corrected chi connectivity index (χ3v) is 7.64. The van der Waals surface area contributed by atoms with Crippen molar-refractivity contribution in [1.82, 2.24) is 0 Å². The zero-order valence-corrected chi connectivity index (χ0v) is 21.4. The fraction of sp³-hybridized carbons (Fsp3) is 0.111. The normalized spacial score (nSPS) is 12.2. The Morgan fingerprint density at radius 2 is 0.973 bits per heavy atom. The molecule has 0 aliphatic heterocycles. The molecule has 1 heterocycles. The smallest absolute Gasteiger partial charge is 0.143 e. The minimum Gasteiger partial charge on any atom is -0.455 e. The molecule has 0 saturated heterocycles. The van der Waals surface area contributed by atoms with Gasteiger partial charge in [-0.15, -0.1) is 0 Å². The number of furan rings is 1. The second-order valence-electron chi connectivity index (χ2n) is 10.9. The second kappa shape index (κ2) is 8.08. The third-order valence-electron chi connectivity index (χ3n) is 7.64. The van der Waals surface area contributed by atoms with Crippen LogP contribution in [0.5, 0.6) is 0 Å². The van der Waals surface area contributed by atoms with Gasteiger partial charge in [-0.3, -0.25) is 0 Å². The molecule has 37 heavy (non-hydrogen) atoms. The van der Waals surface area contributed by atoms with E-state index in [1.165, 1.54) is 43.8 Å². The maximum atomic E-state index is 6.50. The molecule has 0 fully saturated rings. The van der Waals surface area contributed by atoms with Crippen molar-refractivity contribution in [2.45, 2.75) is 26.2 Å². The van der Waals surface area contributed by atoms with Gasteiger partial charge in [0.2, 0.25) is 0 Å². The predicted octanol–water partition coefficient (Wildman–Crippen LogP) is 10.5. The van der Waals surface area contributed by atoms with E-state index in [0.717, 1.165) is 27.5 Å². The van der Waals surface area contributed by atoms with E-state index in [2.05, 4.69) is 130 Å². The molecule has 1 nitrogen and oxygen atoms in total. The molecule has 1 aromatic heterocycles. The topological polar surface area (TPSA) is 13.1 Å². The number of hydrogen-bond acceptors (Lipinski definition) is 1. The summed E-state index contributed by atoms with van der Waals surface area (Å²) >= 11 is 0. The summed E-state index contributed by atoms with van der Waals surface area (Å²) < 4.78 is 6.50. The molecule has 178 valence electrons. The quantitative estimate of drug-likeness (QED) is 0.226. The highest BCUT2D eigenvalue weighted by Crippen LogP contribution is 2.46. The molecule has 0 aliphatic rings. The molecule has 1 heteroatoms. The van der Waals surface area contributed by atoms with Gasteiger partial charge < -0.3 is 4.42 Å². The molecule has 0 bridgehead atoms. The van der Waals surface area contributed by atoms with Gasteiger partial charge in [0.15, 0.2) is 0 Å². The Kier molecular flexibility index (Phi) is 4.78. The lowest BCUT2D eigenvalue weighted by atomic mass is 9.83. The van der Waals surface area contributed by atoms with E-state index in [1.807, 2.05) is 6.07 Å². The lowest BCUT2D eigenvalue weighted by molar-refractivity contribution is 0.590. The van der Waals surface area contributed by atoms with Crippen LogP contribution in [-0.4, -0.2) is 0 Å². The van der Waals surface area contributed by atoms with Crippen LogP contribution in [0.4, 0.5) is 0 Å². The van der Waals surface area contributed by atoms with Gasteiger partial charge >= 0.3 is 0 Å². The molecular formula is C36H28O. The molecular weight excluding hydrogens is 448 g/mol. The largest absolute Gasteiger partial charge is 0.455 e.